The highest BCUT2D eigenvalue weighted by Crippen LogP contribution is 2.44. The molecule has 3 N–H and O–H groups in total. The molecule has 1 unspecified atom stereocenters. The average molecular weight is 238 g/mol. The standard InChI is InChI=1S/C12H18N2OS/c1-9(6-10-2-5-16-7-10)14-11(15)12(8-13)3-4-12/h2,5,7,9H,3-4,6,8,13H2,1H3,(H,14,15). The van der Waals surface area contributed by atoms with E-state index < -0.39 is 0 Å². The summed E-state index contributed by atoms with van der Waals surface area (Å²) < 4.78 is 0. The smallest absolute Gasteiger partial charge is 0.227 e. The van der Waals surface area contributed by atoms with E-state index in [-0.39, 0.29) is 17.4 Å². The third kappa shape index (κ3) is 2.44. The number of thiophene rings is 1. The number of nitrogens with one attached hydrogen (secondary N) is 1. The molecule has 1 aliphatic rings. The van der Waals surface area contributed by atoms with E-state index in [9.17, 15) is 4.79 Å². The SMILES string of the molecule is CC(Cc1ccsc1)NC(=O)C1(CN)CC1. The van der Waals surface area contributed by atoms with Crippen LogP contribution in [0.3, 0.4) is 0 Å². The second-order valence-electron chi connectivity index (χ2n) is 4.69. The summed E-state index contributed by atoms with van der Waals surface area (Å²) >= 11 is 1.69. The fraction of sp³-hybridized carbons (Fsp3) is 0.583. The van der Waals surface area contributed by atoms with Crippen LogP contribution in [-0.4, -0.2) is 18.5 Å². The van der Waals surface area contributed by atoms with Gasteiger partial charge in [-0.1, -0.05) is 0 Å². The van der Waals surface area contributed by atoms with Crippen molar-refractivity contribution in [3.05, 3.63) is 22.4 Å². The van der Waals surface area contributed by atoms with Crippen LogP contribution in [0.4, 0.5) is 0 Å². The molecule has 0 aliphatic heterocycles. The van der Waals surface area contributed by atoms with Gasteiger partial charge in [0.25, 0.3) is 0 Å². The van der Waals surface area contributed by atoms with Crippen molar-refractivity contribution in [2.75, 3.05) is 6.54 Å². The second-order valence-corrected chi connectivity index (χ2v) is 5.47. The second kappa shape index (κ2) is 4.55. The highest BCUT2D eigenvalue weighted by molar-refractivity contribution is 7.07. The Kier molecular flexibility index (Phi) is 3.30. The Balaban J connectivity index is 1.83. The molecular formula is C12H18N2OS. The average Bonchev–Trinajstić information content (AvgIpc) is 2.91. The number of nitrogens with two attached hydrogens (primary N) is 1. The van der Waals surface area contributed by atoms with Gasteiger partial charge in [0.1, 0.15) is 0 Å². The van der Waals surface area contributed by atoms with Gasteiger partial charge in [-0.2, -0.15) is 11.3 Å². The first-order chi connectivity index (χ1) is 7.66. The maximum atomic E-state index is 11.9. The fourth-order valence-corrected chi connectivity index (χ4v) is 2.55. The van der Waals surface area contributed by atoms with Gasteiger partial charge in [-0.3, -0.25) is 4.79 Å². The molecule has 1 fully saturated rings. The Hall–Kier alpha value is -0.870. The highest BCUT2D eigenvalue weighted by Gasteiger charge is 2.48. The lowest BCUT2D eigenvalue weighted by molar-refractivity contribution is -0.126. The molecule has 1 aromatic heterocycles. The third-order valence-electron chi connectivity index (χ3n) is 3.23. The van der Waals surface area contributed by atoms with E-state index >= 15 is 0 Å². The van der Waals surface area contributed by atoms with Gasteiger partial charge in [0.15, 0.2) is 0 Å². The van der Waals surface area contributed by atoms with Gasteiger partial charge in [0.05, 0.1) is 5.41 Å². The third-order valence-corrected chi connectivity index (χ3v) is 3.96. The van der Waals surface area contributed by atoms with E-state index in [1.807, 2.05) is 6.92 Å². The number of carbonyl (C=O) groups excluding carboxylic acids is 1. The van der Waals surface area contributed by atoms with E-state index in [1.165, 1.54) is 5.56 Å². The Bertz CT molecular complexity index is 357. The molecule has 1 atom stereocenters. The first-order valence-corrected chi connectivity index (χ1v) is 6.63. The molecule has 4 heteroatoms. The summed E-state index contributed by atoms with van der Waals surface area (Å²) in [6.07, 6.45) is 2.79. The van der Waals surface area contributed by atoms with Gasteiger partial charge in [-0.25, -0.2) is 0 Å². The lowest BCUT2D eigenvalue weighted by atomic mass is 10.1. The summed E-state index contributed by atoms with van der Waals surface area (Å²) in [4.78, 5) is 11.9. The normalized spacial score (nSPS) is 19.1. The van der Waals surface area contributed by atoms with Gasteiger partial charge < -0.3 is 11.1 Å². The molecule has 88 valence electrons. The fourth-order valence-electron chi connectivity index (χ4n) is 1.87. The van der Waals surface area contributed by atoms with Crippen molar-refractivity contribution in [2.45, 2.75) is 32.2 Å². The van der Waals surface area contributed by atoms with E-state index in [2.05, 4.69) is 22.1 Å². The maximum absolute atomic E-state index is 11.9. The van der Waals surface area contributed by atoms with Gasteiger partial charge in [-0.15, -0.1) is 0 Å². The van der Waals surface area contributed by atoms with E-state index in [0.717, 1.165) is 19.3 Å². The Morgan fingerprint density at radius 3 is 2.94 bits per heavy atom. The molecule has 0 aromatic carbocycles. The quantitative estimate of drug-likeness (QED) is 0.817. The molecule has 1 amide bonds. The number of amides is 1. The van der Waals surface area contributed by atoms with Crippen molar-refractivity contribution in [2.24, 2.45) is 11.1 Å². The summed E-state index contributed by atoms with van der Waals surface area (Å²) in [6, 6.07) is 2.29. The molecule has 0 saturated heterocycles. The van der Waals surface area contributed by atoms with Crippen LogP contribution >= 0.6 is 11.3 Å². The monoisotopic (exact) mass is 238 g/mol. The first-order valence-electron chi connectivity index (χ1n) is 5.68. The maximum Gasteiger partial charge on any atom is 0.227 e. The van der Waals surface area contributed by atoms with Gasteiger partial charge in [-0.05, 0) is 48.6 Å². The van der Waals surface area contributed by atoms with Gasteiger partial charge in [0, 0.05) is 12.6 Å². The van der Waals surface area contributed by atoms with E-state index in [0.29, 0.717) is 6.54 Å². The van der Waals surface area contributed by atoms with Crippen LogP contribution in [0.1, 0.15) is 25.3 Å². The van der Waals surface area contributed by atoms with Crippen molar-refractivity contribution in [1.29, 1.82) is 0 Å². The van der Waals surface area contributed by atoms with Crippen LogP contribution in [0.5, 0.6) is 0 Å². The minimum Gasteiger partial charge on any atom is -0.353 e. The van der Waals surface area contributed by atoms with Crippen LogP contribution in [0.15, 0.2) is 16.8 Å². The van der Waals surface area contributed by atoms with Crippen LogP contribution < -0.4 is 11.1 Å². The number of rotatable bonds is 5. The molecular weight excluding hydrogens is 220 g/mol. The van der Waals surface area contributed by atoms with Gasteiger partial charge >= 0.3 is 0 Å². The molecule has 2 rings (SSSR count). The number of hydrogen-bond acceptors (Lipinski definition) is 3. The van der Waals surface area contributed by atoms with E-state index in [4.69, 9.17) is 5.73 Å². The molecule has 0 radical (unpaired) electrons. The molecule has 1 saturated carbocycles. The number of hydrogen-bond donors (Lipinski definition) is 2. The summed E-state index contributed by atoms with van der Waals surface area (Å²) in [5, 5.41) is 7.24. The molecule has 0 spiro atoms. The Morgan fingerprint density at radius 1 is 1.69 bits per heavy atom. The van der Waals surface area contributed by atoms with Gasteiger partial charge in [0.2, 0.25) is 5.91 Å². The summed E-state index contributed by atoms with van der Waals surface area (Å²) in [5.41, 5.74) is 6.68. The topological polar surface area (TPSA) is 55.1 Å². The molecule has 16 heavy (non-hydrogen) atoms. The van der Waals surface area contributed by atoms with Crippen LogP contribution in [0, 0.1) is 5.41 Å². The van der Waals surface area contributed by atoms with Crippen LogP contribution in [-0.2, 0) is 11.2 Å². The molecule has 3 nitrogen and oxygen atoms in total. The largest absolute Gasteiger partial charge is 0.353 e. The zero-order valence-electron chi connectivity index (χ0n) is 9.53. The Labute approximate surface area is 100 Å². The number of carbonyl (C=O) groups is 1. The minimum atomic E-state index is -0.233. The molecule has 1 aromatic rings. The van der Waals surface area contributed by atoms with Crippen LogP contribution in [0.2, 0.25) is 0 Å². The summed E-state index contributed by atoms with van der Waals surface area (Å²) in [5.74, 6) is 0.137. The highest BCUT2D eigenvalue weighted by atomic mass is 32.1. The molecule has 1 heterocycles. The zero-order chi connectivity index (χ0) is 11.6. The van der Waals surface area contributed by atoms with Crippen LogP contribution in [0.25, 0.3) is 0 Å². The Morgan fingerprint density at radius 2 is 2.44 bits per heavy atom. The molecule has 0 bridgehead atoms. The summed E-state index contributed by atoms with van der Waals surface area (Å²) in [7, 11) is 0. The zero-order valence-corrected chi connectivity index (χ0v) is 10.3. The first kappa shape index (κ1) is 11.6. The van der Waals surface area contributed by atoms with Crippen molar-refractivity contribution >= 4 is 17.2 Å². The van der Waals surface area contributed by atoms with E-state index in [1.54, 1.807) is 11.3 Å². The summed E-state index contributed by atoms with van der Waals surface area (Å²) in [6.45, 7) is 2.52. The lowest BCUT2D eigenvalue weighted by Gasteiger charge is -2.18. The van der Waals surface area contributed by atoms with Crippen molar-refractivity contribution < 1.29 is 4.79 Å². The van der Waals surface area contributed by atoms with Crippen molar-refractivity contribution in [3.8, 4) is 0 Å². The predicted molar refractivity (Wildman–Crippen MR) is 66.3 cm³/mol. The molecule has 1 aliphatic carbocycles. The van der Waals surface area contributed by atoms with Crippen molar-refractivity contribution in [1.82, 2.24) is 5.32 Å². The lowest BCUT2D eigenvalue weighted by Crippen LogP contribution is -2.42. The minimum absolute atomic E-state index is 0.137. The van der Waals surface area contributed by atoms with Crippen molar-refractivity contribution in [3.63, 3.8) is 0 Å². The predicted octanol–water partition coefficient (Wildman–Crippen LogP) is 1.53.